The second-order valence-electron chi connectivity index (χ2n) is 5.14. The number of methoxy groups -OCH3 is 2. The van der Waals surface area contributed by atoms with E-state index in [2.05, 4.69) is 36.2 Å². The van der Waals surface area contributed by atoms with Crippen molar-refractivity contribution in [3.63, 3.8) is 0 Å². The second-order valence-corrected chi connectivity index (χ2v) is 5.14. The van der Waals surface area contributed by atoms with Gasteiger partial charge in [0.1, 0.15) is 0 Å². The van der Waals surface area contributed by atoms with Gasteiger partial charge < -0.3 is 14.4 Å². The summed E-state index contributed by atoms with van der Waals surface area (Å²) >= 11 is 0. The number of hydrogen-bond acceptors (Lipinski definition) is 3. The molecule has 0 spiro atoms. The van der Waals surface area contributed by atoms with Crippen LogP contribution in [0.2, 0.25) is 0 Å². The highest BCUT2D eigenvalue weighted by Crippen LogP contribution is 2.30. The fourth-order valence-corrected chi connectivity index (χ4v) is 2.73. The third kappa shape index (κ3) is 3.58. The monoisotopic (exact) mass is 261 g/mol. The molecule has 0 radical (unpaired) electrons. The van der Waals surface area contributed by atoms with Crippen LogP contribution in [0.4, 0.5) is 0 Å². The predicted octanol–water partition coefficient (Wildman–Crippen LogP) is 2.74. The van der Waals surface area contributed by atoms with Crippen molar-refractivity contribution >= 4 is 6.08 Å². The van der Waals surface area contributed by atoms with Crippen molar-refractivity contribution in [1.82, 2.24) is 4.90 Å². The van der Waals surface area contributed by atoms with Gasteiger partial charge in [0.15, 0.2) is 0 Å². The van der Waals surface area contributed by atoms with E-state index in [1.807, 2.05) is 13.2 Å². The van der Waals surface area contributed by atoms with Crippen LogP contribution in [0.5, 0.6) is 0 Å². The summed E-state index contributed by atoms with van der Waals surface area (Å²) in [6, 6.07) is 8.63. The first-order chi connectivity index (χ1) is 9.24. The molecule has 3 nitrogen and oxygen atoms in total. The van der Waals surface area contributed by atoms with Gasteiger partial charge in [-0.2, -0.15) is 0 Å². The van der Waals surface area contributed by atoms with Gasteiger partial charge in [0.25, 0.3) is 0 Å². The first-order valence-corrected chi connectivity index (χ1v) is 6.75. The van der Waals surface area contributed by atoms with E-state index in [1.54, 1.807) is 13.4 Å². The third-order valence-electron chi connectivity index (χ3n) is 3.80. The molecule has 19 heavy (non-hydrogen) atoms. The Hall–Kier alpha value is -1.32. The van der Waals surface area contributed by atoms with Gasteiger partial charge in [-0.05, 0) is 37.2 Å². The number of ether oxygens (including phenoxy) is 2. The van der Waals surface area contributed by atoms with Crippen molar-refractivity contribution in [3.8, 4) is 0 Å². The summed E-state index contributed by atoms with van der Waals surface area (Å²) in [6.07, 6.45) is 5.12. The normalized spacial score (nSPS) is 24.8. The summed E-state index contributed by atoms with van der Waals surface area (Å²) in [5, 5.41) is 0. The average Bonchev–Trinajstić information content (AvgIpc) is 2.45. The highest BCUT2D eigenvalue weighted by molar-refractivity contribution is 5.50. The average molecular weight is 261 g/mol. The standard InChI is InChI=1S/C16H23NO2/c1-17-9-7-15(16(12-17)19-3)14-6-4-5-13(11-14)8-10-18-2/h4-6,8,10-11,15-16H,7,9,12H2,1-3H3/t15-,16?/m1/s1. The molecule has 1 aliphatic rings. The quantitative estimate of drug-likeness (QED) is 0.778. The van der Waals surface area contributed by atoms with Crippen LogP contribution in [-0.2, 0) is 9.47 Å². The van der Waals surface area contributed by atoms with E-state index in [0.717, 1.165) is 19.5 Å². The highest BCUT2D eigenvalue weighted by atomic mass is 16.5. The van der Waals surface area contributed by atoms with Crippen molar-refractivity contribution in [2.45, 2.75) is 18.4 Å². The number of likely N-dealkylation sites (tertiary alicyclic amines) is 1. The van der Waals surface area contributed by atoms with Crippen LogP contribution in [0, 0.1) is 0 Å². The predicted molar refractivity (Wildman–Crippen MR) is 78.1 cm³/mol. The first kappa shape index (κ1) is 14.1. The molecule has 104 valence electrons. The SMILES string of the molecule is COC=Cc1cccc([C@H]2CCN(C)CC2OC)c1. The van der Waals surface area contributed by atoms with Gasteiger partial charge in [0, 0.05) is 19.6 Å². The lowest BCUT2D eigenvalue weighted by Gasteiger charge is -2.36. The number of likely N-dealkylation sites (N-methyl/N-ethyl adjacent to an activating group) is 1. The number of nitrogens with zero attached hydrogens (tertiary/aromatic N) is 1. The zero-order valence-electron chi connectivity index (χ0n) is 12.0. The lowest BCUT2D eigenvalue weighted by molar-refractivity contribution is 0.0233. The van der Waals surface area contributed by atoms with Crippen LogP contribution in [0.3, 0.4) is 0 Å². The van der Waals surface area contributed by atoms with E-state index in [4.69, 9.17) is 9.47 Å². The minimum absolute atomic E-state index is 0.278. The molecule has 2 rings (SSSR count). The molecule has 1 aromatic rings. The summed E-state index contributed by atoms with van der Waals surface area (Å²) in [5.41, 5.74) is 2.53. The molecule has 1 heterocycles. The fourth-order valence-electron chi connectivity index (χ4n) is 2.73. The maximum atomic E-state index is 5.67. The van der Waals surface area contributed by atoms with Crippen molar-refractivity contribution in [2.75, 3.05) is 34.4 Å². The zero-order valence-corrected chi connectivity index (χ0v) is 12.0. The summed E-state index contributed by atoms with van der Waals surface area (Å²) < 4.78 is 10.6. The van der Waals surface area contributed by atoms with Gasteiger partial charge in [-0.1, -0.05) is 24.3 Å². The molecule has 0 N–H and O–H groups in total. The molecule has 0 amide bonds. The Labute approximate surface area is 115 Å². The van der Waals surface area contributed by atoms with Crippen molar-refractivity contribution < 1.29 is 9.47 Å². The molecule has 1 unspecified atom stereocenters. The van der Waals surface area contributed by atoms with Crippen LogP contribution < -0.4 is 0 Å². The Morgan fingerprint density at radius 2 is 2.16 bits per heavy atom. The summed E-state index contributed by atoms with van der Waals surface area (Å²) in [5.74, 6) is 0.483. The summed E-state index contributed by atoms with van der Waals surface area (Å²) in [4.78, 5) is 2.33. The third-order valence-corrected chi connectivity index (χ3v) is 3.80. The molecule has 1 saturated heterocycles. The molecule has 2 atom stereocenters. The van der Waals surface area contributed by atoms with Gasteiger partial charge in [-0.15, -0.1) is 0 Å². The van der Waals surface area contributed by atoms with Gasteiger partial charge in [-0.25, -0.2) is 0 Å². The lowest BCUT2D eigenvalue weighted by atomic mass is 9.86. The van der Waals surface area contributed by atoms with Crippen molar-refractivity contribution in [2.24, 2.45) is 0 Å². The second kappa shape index (κ2) is 6.73. The largest absolute Gasteiger partial charge is 0.504 e. The maximum absolute atomic E-state index is 5.67. The molecule has 0 aliphatic carbocycles. The molecular weight excluding hydrogens is 238 g/mol. The van der Waals surface area contributed by atoms with Crippen LogP contribution in [-0.4, -0.2) is 45.4 Å². The molecule has 1 aliphatic heterocycles. The van der Waals surface area contributed by atoms with E-state index < -0.39 is 0 Å². The Morgan fingerprint density at radius 3 is 2.89 bits per heavy atom. The topological polar surface area (TPSA) is 21.7 Å². The Morgan fingerprint density at radius 1 is 1.32 bits per heavy atom. The molecular formula is C16H23NO2. The minimum Gasteiger partial charge on any atom is -0.504 e. The van der Waals surface area contributed by atoms with Crippen LogP contribution >= 0.6 is 0 Å². The van der Waals surface area contributed by atoms with Crippen LogP contribution in [0.25, 0.3) is 6.08 Å². The number of hydrogen-bond donors (Lipinski definition) is 0. The Kier molecular flexibility index (Phi) is 5.00. The maximum Gasteiger partial charge on any atom is 0.0830 e. The van der Waals surface area contributed by atoms with E-state index in [0.29, 0.717) is 5.92 Å². The molecule has 1 fully saturated rings. The summed E-state index contributed by atoms with van der Waals surface area (Å²) in [7, 11) is 5.63. The van der Waals surface area contributed by atoms with Crippen molar-refractivity contribution in [3.05, 3.63) is 41.7 Å². The van der Waals surface area contributed by atoms with E-state index in [-0.39, 0.29) is 6.10 Å². The van der Waals surface area contributed by atoms with Crippen LogP contribution in [0.15, 0.2) is 30.5 Å². The van der Waals surface area contributed by atoms with Gasteiger partial charge >= 0.3 is 0 Å². The Balaban J connectivity index is 2.18. The molecule has 1 aromatic carbocycles. The van der Waals surface area contributed by atoms with Gasteiger partial charge in [0.05, 0.1) is 19.5 Å². The molecule has 0 saturated carbocycles. The number of rotatable bonds is 4. The smallest absolute Gasteiger partial charge is 0.0830 e. The fraction of sp³-hybridized carbons (Fsp3) is 0.500. The van der Waals surface area contributed by atoms with Gasteiger partial charge in [0.2, 0.25) is 0 Å². The van der Waals surface area contributed by atoms with E-state index in [1.165, 1.54) is 11.1 Å². The van der Waals surface area contributed by atoms with E-state index >= 15 is 0 Å². The van der Waals surface area contributed by atoms with Crippen molar-refractivity contribution in [1.29, 1.82) is 0 Å². The lowest BCUT2D eigenvalue weighted by Crippen LogP contribution is -2.41. The van der Waals surface area contributed by atoms with Gasteiger partial charge in [-0.3, -0.25) is 0 Å². The molecule has 0 aromatic heterocycles. The number of benzene rings is 1. The molecule has 0 bridgehead atoms. The van der Waals surface area contributed by atoms with Crippen LogP contribution in [0.1, 0.15) is 23.5 Å². The minimum atomic E-state index is 0.278. The molecule has 3 heteroatoms. The Bertz CT molecular complexity index is 431. The number of piperidine rings is 1. The zero-order chi connectivity index (χ0) is 13.7. The van der Waals surface area contributed by atoms with E-state index in [9.17, 15) is 0 Å². The first-order valence-electron chi connectivity index (χ1n) is 6.75. The highest BCUT2D eigenvalue weighted by Gasteiger charge is 2.28. The summed E-state index contributed by atoms with van der Waals surface area (Å²) in [6.45, 7) is 2.13.